The van der Waals surface area contributed by atoms with Crippen LogP contribution in [0.25, 0.3) is 0 Å². The minimum atomic E-state index is 0.764. The van der Waals surface area contributed by atoms with Gasteiger partial charge in [-0.05, 0) is 50.5 Å². The summed E-state index contributed by atoms with van der Waals surface area (Å²) in [5.74, 6) is 2.91. The quantitative estimate of drug-likeness (QED) is 0.746. The third-order valence-electron chi connectivity index (χ3n) is 4.85. The van der Waals surface area contributed by atoms with Crippen molar-refractivity contribution in [1.82, 2.24) is 5.32 Å². The molecule has 0 radical (unpaired) electrons. The number of hydrogen-bond donors (Lipinski definition) is 1. The van der Waals surface area contributed by atoms with Crippen molar-refractivity contribution in [2.75, 3.05) is 6.54 Å². The summed E-state index contributed by atoms with van der Waals surface area (Å²) in [7, 11) is 0. The first kappa shape index (κ1) is 11.4. The van der Waals surface area contributed by atoms with E-state index in [4.69, 9.17) is 0 Å². The Morgan fingerprint density at radius 3 is 2.40 bits per heavy atom. The Morgan fingerprint density at radius 1 is 1.07 bits per heavy atom. The molecule has 0 saturated heterocycles. The van der Waals surface area contributed by atoms with Crippen molar-refractivity contribution < 1.29 is 0 Å². The Kier molecular flexibility index (Phi) is 4.07. The lowest BCUT2D eigenvalue weighted by Gasteiger charge is -2.24. The molecule has 2 aliphatic rings. The summed E-state index contributed by atoms with van der Waals surface area (Å²) in [5.41, 5.74) is 0. The van der Waals surface area contributed by atoms with Gasteiger partial charge < -0.3 is 5.32 Å². The van der Waals surface area contributed by atoms with Gasteiger partial charge in [0.25, 0.3) is 0 Å². The fourth-order valence-corrected chi connectivity index (χ4v) is 3.49. The maximum atomic E-state index is 3.80. The van der Waals surface area contributed by atoms with E-state index < -0.39 is 0 Å². The smallest absolute Gasteiger partial charge is 0.00671 e. The van der Waals surface area contributed by atoms with Gasteiger partial charge in [-0.1, -0.05) is 32.6 Å². The molecule has 1 heteroatoms. The van der Waals surface area contributed by atoms with Gasteiger partial charge in [0.1, 0.15) is 0 Å². The largest absolute Gasteiger partial charge is 0.314 e. The molecule has 0 amide bonds. The van der Waals surface area contributed by atoms with Crippen molar-refractivity contribution in [1.29, 1.82) is 0 Å². The molecular weight excluding hydrogens is 182 g/mol. The molecule has 2 rings (SSSR count). The first-order chi connectivity index (χ1) is 7.27. The van der Waals surface area contributed by atoms with Gasteiger partial charge in [-0.15, -0.1) is 0 Å². The Hall–Kier alpha value is -0.0400. The highest BCUT2D eigenvalue weighted by molar-refractivity contribution is 4.81. The van der Waals surface area contributed by atoms with Crippen molar-refractivity contribution >= 4 is 0 Å². The highest BCUT2D eigenvalue weighted by Gasteiger charge is 2.25. The summed E-state index contributed by atoms with van der Waals surface area (Å²) in [4.78, 5) is 0. The fourth-order valence-electron chi connectivity index (χ4n) is 3.49. The average molecular weight is 209 g/mol. The summed E-state index contributed by atoms with van der Waals surface area (Å²) >= 11 is 0. The van der Waals surface area contributed by atoms with Crippen molar-refractivity contribution in [3.63, 3.8) is 0 Å². The molecule has 3 atom stereocenters. The van der Waals surface area contributed by atoms with Crippen molar-refractivity contribution in [2.45, 2.75) is 64.8 Å². The molecule has 1 N–H and O–H groups in total. The van der Waals surface area contributed by atoms with Crippen LogP contribution in [0.2, 0.25) is 0 Å². The second-order valence-corrected chi connectivity index (χ2v) is 5.91. The SMILES string of the molecule is CC1CCCC1CNC(C)C1CCCC1. The van der Waals surface area contributed by atoms with Crippen LogP contribution in [0, 0.1) is 17.8 Å². The molecule has 1 nitrogen and oxygen atoms in total. The molecule has 2 aliphatic carbocycles. The van der Waals surface area contributed by atoms with Gasteiger partial charge in [0.05, 0.1) is 0 Å². The minimum absolute atomic E-state index is 0.764. The van der Waals surface area contributed by atoms with Crippen molar-refractivity contribution in [3.8, 4) is 0 Å². The second-order valence-electron chi connectivity index (χ2n) is 5.91. The first-order valence-corrected chi connectivity index (χ1v) is 7.00. The van der Waals surface area contributed by atoms with Gasteiger partial charge in [-0.25, -0.2) is 0 Å². The van der Waals surface area contributed by atoms with E-state index in [1.54, 1.807) is 0 Å². The highest BCUT2D eigenvalue weighted by Crippen LogP contribution is 2.31. The van der Waals surface area contributed by atoms with E-state index in [1.807, 2.05) is 0 Å². The zero-order valence-electron chi connectivity index (χ0n) is 10.5. The molecular formula is C14H27N. The van der Waals surface area contributed by atoms with Crippen LogP contribution in [0.4, 0.5) is 0 Å². The van der Waals surface area contributed by atoms with Crippen LogP contribution < -0.4 is 5.32 Å². The van der Waals surface area contributed by atoms with Crippen LogP contribution in [0.3, 0.4) is 0 Å². The Morgan fingerprint density at radius 2 is 1.80 bits per heavy atom. The molecule has 88 valence electrons. The predicted molar refractivity (Wildman–Crippen MR) is 65.9 cm³/mol. The summed E-state index contributed by atoms with van der Waals surface area (Å²) < 4.78 is 0. The Balaban J connectivity index is 1.67. The van der Waals surface area contributed by atoms with Gasteiger partial charge in [-0.2, -0.15) is 0 Å². The van der Waals surface area contributed by atoms with Crippen LogP contribution in [0.5, 0.6) is 0 Å². The molecule has 0 heterocycles. The van der Waals surface area contributed by atoms with Crippen LogP contribution >= 0.6 is 0 Å². The molecule has 2 fully saturated rings. The fraction of sp³-hybridized carbons (Fsp3) is 1.00. The number of rotatable bonds is 4. The van der Waals surface area contributed by atoms with E-state index >= 15 is 0 Å². The van der Waals surface area contributed by atoms with E-state index in [0.717, 1.165) is 23.8 Å². The van der Waals surface area contributed by atoms with Crippen LogP contribution in [-0.2, 0) is 0 Å². The third kappa shape index (κ3) is 2.96. The first-order valence-electron chi connectivity index (χ1n) is 7.00. The third-order valence-corrected chi connectivity index (χ3v) is 4.85. The summed E-state index contributed by atoms with van der Waals surface area (Å²) in [5, 5.41) is 3.80. The lowest BCUT2D eigenvalue weighted by molar-refractivity contribution is 0.324. The second kappa shape index (κ2) is 5.34. The maximum Gasteiger partial charge on any atom is 0.00671 e. The summed E-state index contributed by atoms with van der Waals surface area (Å²) in [6.07, 6.45) is 10.3. The Labute approximate surface area is 95.0 Å². The highest BCUT2D eigenvalue weighted by atomic mass is 14.9. The zero-order chi connectivity index (χ0) is 10.7. The van der Waals surface area contributed by atoms with E-state index in [0.29, 0.717) is 0 Å². The molecule has 2 saturated carbocycles. The van der Waals surface area contributed by atoms with E-state index in [-0.39, 0.29) is 0 Å². The summed E-state index contributed by atoms with van der Waals surface area (Å²) in [6, 6.07) is 0.764. The molecule has 0 aliphatic heterocycles. The van der Waals surface area contributed by atoms with Crippen LogP contribution in [0.15, 0.2) is 0 Å². The van der Waals surface area contributed by atoms with E-state index in [2.05, 4.69) is 19.2 Å². The van der Waals surface area contributed by atoms with Crippen molar-refractivity contribution in [2.24, 2.45) is 17.8 Å². The molecule has 3 unspecified atom stereocenters. The molecule has 0 aromatic carbocycles. The van der Waals surface area contributed by atoms with Gasteiger partial charge >= 0.3 is 0 Å². The van der Waals surface area contributed by atoms with Crippen LogP contribution in [-0.4, -0.2) is 12.6 Å². The van der Waals surface area contributed by atoms with Gasteiger partial charge in [-0.3, -0.25) is 0 Å². The topological polar surface area (TPSA) is 12.0 Å². The number of nitrogens with one attached hydrogen (secondary N) is 1. The van der Waals surface area contributed by atoms with Gasteiger partial charge in [0.15, 0.2) is 0 Å². The van der Waals surface area contributed by atoms with E-state index in [9.17, 15) is 0 Å². The lowest BCUT2D eigenvalue weighted by atomic mass is 9.95. The van der Waals surface area contributed by atoms with Gasteiger partial charge in [0.2, 0.25) is 0 Å². The molecule has 0 spiro atoms. The molecule has 0 aromatic rings. The zero-order valence-corrected chi connectivity index (χ0v) is 10.5. The molecule has 0 aromatic heterocycles. The van der Waals surface area contributed by atoms with Crippen molar-refractivity contribution in [3.05, 3.63) is 0 Å². The normalized spacial score (nSPS) is 34.8. The van der Waals surface area contributed by atoms with Gasteiger partial charge in [0, 0.05) is 6.04 Å². The Bertz CT molecular complexity index is 184. The van der Waals surface area contributed by atoms with Crippen LogP contribution in [0.1, 0.15) is 58.8 Å². The molecule has 0 bridgehead atoms. The average Bonchev–Trinajstić information content (AvgIpc) is 2.85. The molecule has 15 heavy (non-hydrogen) atoms. The monoisotopic (exact) mass is 209 g/mol. The summed E-state index contributed by atoms with van der Waals surface area (Å²) in [6.45, 7) is 6.11. The predicted octanol–water partition coefficient (Wildman–Crippen LogP) is 3.59. The standard InChI is InChI=1S/C14H27N/c1-11-6-5-9-14(11)10-15-12(2)13-7-3-4-8-13/h11-15H,3-10H2,1-2H3. The van der Waals surface area contributed by atoms with E-state index in [1.165, 1.54) is 51.5 Å². The maximum absolute atomic E-state index is 3.80. The minimum Gasteiger partial charge on any atom is -0.314 e. The lowest BCUT2D eigenvalue weighted by Crippen LogP contribution is -2.36. The number of hydrogen-bond acceptors (Lipinski definition) is 1.